The number of hydrogen-bond donors (Lipinski definition) is 0. The van der Waals surface area contributed by atoms with Gasteiger partial charge in [0.05, 0.1) is 0 Å². The van der Waals surface area contributed by atoms with Crippen molar-refractivity contribution in [3.8, 4) is 0 Å². The molecule has 0 amide bonds. The average molecular weight is 234 g/mol. The highest BCUT2D eigenvalue weighted by Gasteiger charge is 2.41. The lowest BCUT2D eigenvalue weighted by Crippen LogP contribution is -2.49. The summed E-state index contributed by atoms with van der Waals surface area (Å²) >= 11 is 0. The zero-order chi connectivity index (χ0) is 11.7. The summed E-state index contributed by atoms with van der Waals surface area (Å²) in [6.07, 6.45) is 1.94. The highest BCUT2D eigenvalue weighted by atomic mass is 28.4. The van der Waals surface area contributed by atoms with E-state index in [2.05, 4.69) is 6.58 Å². The molecule has 15 heavy (non-hydrogen) atoms. The first-order valence-corrected chi connectivity index (χ1v) is 6.60. The molecule has 0 aliphatic rings. The number of carbonyl (C=O) groups is 1. The SMILES string of the molecule is C=CC(=O)OC[Si](OC)(OC)OCCC. The van der Waals surface area contributed by atoms with E-state index in [4.69, 9.17) is 18.0 Å². The minimum absolute atomic E-state index is 0.00481. The number of ether oxygens (including phenoxy) is 1. The second kappa shape index (κ2) is 7.58. The molecule has 0 aromatic rings. The summed E-state index contributed by atoms with van der Waals surface area (Å²) < 4.78 is 20.7. The van der Waals surface area contributed by atoms with Crippen LogP contribution in [0.5, 0.6) is 0 Å². The second-order valence-electron chi connectivity index (χ2n) is 2.75. The Labute approximate surface area is 91.3 Å². The van der Waals surface area contributed by atoms with Gasteiger partial charge >= 0.3 is 14.8 Å². The molecule has 0 aromatic carbocycles. The van der Waals surface area contributed by atoms with Gasteiger partial charge in [0.2, 0.25) is 0 Å². The molecule has 0 saturated carbocycles. The van der Waals surface area contributed by atoms with Crippen LogP contribution in [0, 0.1) is 0 Å². The molecule has 0 aliphatic carbocycles. The van der Waals surface area contributed by atoms with Crippen molar-refractivity contribution in [1.82, 2.24) is 0 Å². The first kappa shape index (κ1) is 14.3. The third-order valence-corrected chi connectivity index (χ3v) is 4.09. The van der Waals surface area contributed by atoms with E-state index in [1.54, 1.807) is 0 Å². The quantitative estimate of drug-likeness (QED) is 0.355. The van der Waals surface area contributed by atoms with Crippen LogP contribution < -0.4 is 0 Å². The van der Waals surface area contributed by atoms with Gasteiger partial charge in [-0.1, -0.05) is 13.5 Å². The van der Waals surface area contributed by atoms with Crippen LogP contribution in [-0.2, 0) is 22.8 Å². The lowest BCUT2D eigenvalue weighted by atomic mass is 10.5. The Kier molecular flexibility index (Phi) is 7.23. The van der Waals surface area contributed by atoms with Crippen molar-refractivity contribution in [2.75, 3.05) is 27.1 Å². The van der Waals surface area contributed by atoms with Gasteiger partial charge in [-0.25, -0.2) is 4.79 Å². The number of carbonyl (C=O) groups excluding carboxylic acids is 1. The van der Waals surface area contributed by atoms with Crippen molar-refractivity contribution in [3.63, 3.8) is 0 Å². The molecule has 0 atom stereocenters. The molecule has 5 nitrogen and oxygen atoms in total. The summed E-state index contributed by atoms with van der Waals surface area (Å²) in [5.74, 6) is -0.513. The molecule has 0 fully saturated rings. The summed E-state index contributed by atoms with van der Waals surface area (Å²) in [6.45, 7) is 5.78. The molecule has 0 unspecified atom stereocenters. The van der Waals surface area contributed by atoms with Crippen molar-refractivity contribution < 1.29 is 22.8 Å². The van der Waals surface area contributed by atoms with Crippen LogP contribution in [0.25, 0.3) is 0 Å². The smallest absolute Gasteiger partial charge is 0.458 e. The van der Waals surface area contributed by atoms with Crippen LogP contribution in [0.3, 0.4) is 0 Å². The zero-order valence-electron chi connectivity index (χ0n) is 9.45. The lowest BCUT2D eigenvalue weighted by molar-refractivity contribution is -0.137. The zero-order valence-corrected chi connectivity index (χ0v) is 10.4. The minimum atomic E-state index is -2.83. The first-order chi connectivity index (χ1) is 7.14. The Bertz CT molecular complexity index is 203. The maximum Gasteiger partial charge on any atom is 0.540 e. The van der Waals surface area contributed by atoms with E-state index in [1.807, 2.05) is 6.92 Å². The van der Waals surface area contributed by atoms with E-state index in [0.29, 0.717) is 6.61 Å². The molecule has 0 aliphatic heterocycles. The van der Waals surface area contributed by atoms with Crippen LogP contribution in [0.1, 0.15) is 13.3 Å². The van der Waals surface area contributed by atoms with Crippen LogP contribution in [0.2, 0.25) is 0 Å². The summed E-state index contributed by atoms with van der Waals surface area (Å²) in [5.41, 5.74) is 0. The average Bonchev–Trinajstić information content (AvgIpc) is 2.30. The number of rotatable bonds is 8. The Morgan fingerprint density at radius 3 is 2.40 bits per heavy atom. The van der Waals surface area contributed by atoms with Crippen LogP contribution in [0.4, 0.5) is 0 Å². The highest BCUT2D eigenvalue weighted by molar-refractivity contribution is 6.60. The normalized spacial score (nSPS) is 11.1. The van der Waals surface area contributed by atoms with E-state index < -0.39 is 14.8 Å². The Hall–Kier alpha value is -0.693. The van der Waals surface area contributed by atoms with Crippen molar-refractivity contribution >= 4 is 14.8 Å². The molecular formula is C9H18O5Si. The van der Waals surface area contributed by atoms with Crippen molar-refractivity contribution in [1.29, 1.82) is 0 Å². The summed E-state index contributed by atoms with van der Waals surface area (Å²) in [6, 6.07) is 0. The van der Waals surface area contributed by atoms with E-state index >= 15 is 0 Å². The molecule has 0 radical (unpaired) electrons. The largest absolute Gasteiger partial charge is 0.540 e. The molecule has 88 valence electrons. The fourth-order valence-corrected chi connectivity index (χ4v) is 2.39. The van der Waals surface area contributed by atoms with E-state index in [0.717, 1.165) is 12.5 Å². The monoisotopic (exact) mass is 234 g/mol. The minimum Gasteiger partial charge on any atom is -0.458 e. The summed E-state index contributed by atoms with van der Waals surface area (Å²) in [7, 11) is 0.124. The van der Waals surface area contributed by atoms with Gasteiger partial charge < -0.3 is 18.0 Å². The maximum atomic E-state index is 10.9. The van der Waals surface area contributed by atoms with Crippen molar-refractivity contribution in [2.24, 2.45) is 0 Å². The standard InChI is InChI=1S/C9H18O5Si/c1-5-7-14-15(11-3,12-4)8-13-9(10)6-2/h6H,2,5,7-8H2,1,3-4H3. The van der Waals surface area contributed by atoms with E-state index in [9.17, 15) is 4.79 Å². The molecule has 6 heteroatoms. The molecule has 0 N–H and O–H groups in total. The fourth-order valence-electron chi connectivity index (χ4n) is 0.837. The van der Waals surface area contributed by atoms with Crippen molar-refractivity contribution in [3.05, 3.63) is 12.7 Å². The third-order valence-electron chi connectivity index (χ3n) is 1.71. The van der Waals surface area contributed by atoms with Gasteiger partial charge in [0, 0.05) is 26.9 Å². The Balaban J connectivity index is 4.22. The molecule has 0 saturated heterocycles. The topological polar surface area (TPSA) is 54.0 Å². The molecule has 0 spiro atoms. The van der Waals surface area contributed by atoms with Gasteiger partial charge in [0.25, 0.3) is 0 Å². The van der Waals surface area contributed by atoms with E-state index in [-0.39, 0.29) is 6.23 Å². The van der Waals surface area contributed by atoms with E-state index in [1.165, 1.54) is 14.2 Å². The molecule has 0 bridgehead atoms. The van der Waals surface area contributed by atoms with Gasteiger partial charge in [-0.05, 0) is 6.42 Å². The molecular weight excluding hydrogens is 216 g/mol. The Morgan fingerprint density at radius 2 is 2.00 bits per heavy atom. The van der Waals surface area contributed by atoms with Crippen LogP contribution in [0.15, 0.2) is 12.7 Å². The first-order valence-electron chi connectivity index (χ1n) is 4.67. The summed E-state index contributed by atoms with van der Waals surface area (Å²) in [5, 5.41) is 0. The molecule has 0 heterocycles. The van der Waals surface area contributed by atoms with Gasteiger partial charge in [0.1, 0.15) is 0 Å². The predicted octanol–water partition coefficient (Wildman–Crippen LogP) is 0.913. The van der Waals surface area contributed by atoms with Gasteiger partial charge in [-0.3, -0.25) is 0 Å². The third kappa shape index (κ3) is 5.08. The fraction of sp³-hybridized carbons (Fsp3) is 0.667. The lowest BCUT2D eigenvalue weighted by Gasteiger charge is -2.25. The van der Waals surface area contributed by atoms with Gasteiger partial charge in [-0.15, -0.1) is 0 Å². The second-order valence-corrected chi connectivity index (χ2v) is 5.51. The molecule has 0 rings (SSSR count). The maximum absolute atomic E-state index is 10.9. The van der Waals surface area contributed by atoms with Gasteiger partial charge in [-0.2, -0.15) is 0 Å². The van der Waals surface area contributed by atoms with Gasteiger partial charge in [0.15, 0.2) is 6.23 Å². The Morgan fingerprint density at radius 1 is 1.40 bits per heavy atom. The number of esters is 1. The van der Waals surface area contributed by atoms with Crippen LogP contribution in [-0.4, -0.2) is 41.8 Å². The highest BCUT2D eigenvalue weighted by Crippen LogP contribution is 2.08. The molecule has 0 aromatic heterocycles. The summed E-state index contributed by atoms with van der Waals surface area (Å²) in [4.78, 5) is 10.9. The predicted molar refractivity (Wildman–Crippen MR) is 57.2 cm³/mol. The van der Waals surface area contributed by atoms with Crippen molar-refractivity contribution in [2.45, 2.75) is 13.3 Å². The number of hydrogen-bond acceptors (Lipinski definition) is 5. The van der Waals surface area contributed by atoms with Crippen LogP contribution >= 0.6 is 0 Å².